The maximum atomic E-state index is 13.1. The molecule has 0 bridgehead atoms. The van der Waals surface area contributed by atoms with Crippen molar-refractivity contribution in [1.82, 2.24) is 15.1 Å². The number of hydrogen-bond acceptors (Lipinski definition) is 5. The molecule has 2 amide bonds. The molecule has 164 valence electrons. The molecule has 4 rings (SSSR count). The molecule has 0 aromatic heterocycles. The molecule has 2 unspecified atom stereocenters. The predicted molar refractivity (Wildman–Crippen MR) is 114 cm³/mol. The highest BCUT2D eigenvalue weighted by Gasteiger charge is 2.37. The lowest BCUT2D eigenvalue weighted by atomic mass is 9.94. The Kier molecular flexibility index (Phi) is 6.46. The fraction of sp³-hybridized carbons (Fsp3) is 0.652. The molecule has 1 aromatic carbocycles. The summed E-state index contributed by atoms with van der Waals surface area (Å²) in [6.07, 6.45) is 5.59. The van der Waals surface area contributed by atoms with Crippen LogP contribution < -0.4 is 14.8 Å². The molecule has 1 aromatic rings. The van der Waals surface area contributed by atoms with Crippen LogP contribution >= 0.6 is 0 Å². The molecule has 2 fully saturated rings. The van der Waals surface area contributed by atoms with Crippen molar-refractivity contribution in [3.8, 4) is 11.5 Å². The van der Waals surface area contributed by atoms with Crippen LogP contribution in [0.4, 0.5) is 0 Å². The van der Waals surface area contributed by atoms with Gasteiger partial charge in [-0.15, -0.1) is 0 Å². The van der Waals surface area contributed by atoms with Crippen molar-refractivity contribution in [1.29, 1.82) is 0 Å². The van der Waals surface area contributed by atoms with Crippen molar-refractivity contribution in [2.45, 2.75) is 58.0 Å². The first-order valence-electron chi connectivity index (χ1n) is 11.3. The number of rotatable bonds is 6. The van der Waals surface area contributed by atoms with Crippen molar-refractivity contribution in [3.63, 3.8) is 0 Å². The van der Waals surface area contributed by atoms with Gasteiger partial charge in [-0.25, -0.2) is 0 Å². The van der Waals surface area contributed by atoms with Gasteiger partial charge in [0, 0.05) is 37.8 Å². The Balaban J connectivity index is 1.40. The van der Waals surface area contributed by atoms with Gasteiger partial charge in [-0.05, 0) is 50.3 Å². The van der Waals surface area contributed by atoms with Gasteiger partial charge in [-0.1, -0.05) is 19.8 Å². The highest BCUT2D eigenvalue weighted by atomic mass is 16.7. The van der Waals surface area contributed by atoms with Crippen LogP contribution in [0, 0.1) is 5.92 Å². The maximum Gasteiger partial charge on any atom is 0.254 e. The van der Waals surface area contributed by atoms with E-state index in [1.54, 1.807) is 18.2 Å². The van der Waals surface area contributed by atoms with Crippen LogP contribution in [-0.2, 0) is 4.79 Å². The van der Waals surface area contributed by atoms with Crippen LogP contribution in [0.25, 0.3) is 0 Å². The van der Waals surface area contributed by atoms with E-state index in [0.717, 1.165) is 32.4 Å². The minimum Gasteiger partial charge on any atom is -0.454 e. The van der Waals surface area contributed by atoms with E-state index in [9.17, 15) is 9.59 Å². The molecule has 7 heteroatoms. The summed E-state index contributed by atoms with van der Waals surface area (Å²) in [5.74, 6) is 1.90. The molecule has 0 radical (unpaired) electrons. The Bertz CT molecular complexity index is 770. The molecule has 2 aliphatic heterocycles. The van der Waals surface area contributed by atoms with Crippen molar-refractivity contribution < 1.29 is 19.1 Å². The number of carbonyl (C=O) groups is 2. The minimum absolute atomic E-state index is 0.00873. The Morgan fingerprint density at radius 1 is 1.10 bits per heavy atom. The SMILES string of the molecule is CCC(C)NC(=O)C(C1CCCC1)N1CCN(C(=O)c2ccc3c(c2)OCO3)CC1. The van der Waals surface area contributed by atoms with Gasteiger partial charge in [0.25, 0.3) is 5.91 Å². The van der Waals surface area contributed by atoms with Gasteiger partial charge in [-0.2, -0.15) is 0 Å². The van der Waals surface area contributed by atoms with E-state index in [4.69, 9.17) is 9.47 Å². The summed E-state index contributed by atoms with van der Waals surface area (Å²) in [4.78, 5) is 30.3. The molecule has 3 aliphatic rings. The average molecular weight is 416 g/mol. The highest BCUT2D eigenvalue weighted by Crippen LogP contribution is 2.33. The normalized spacial score (nSPS) is 21.5. The third-order valence-electron chi connectivity index (χ3n) is 6.73. The topological polar surface area (TPSA) is 71.1 Å². The van der Waals surface area contributed by atoms with E-state index in [1.807, 2.05) is 4.90 Å². The van der Waals surface area contributed by atoms with Gasteiger partial charge >= 0.3 is 0 Å². The van der Waals surface area contributed by atoms with E-state index < -0.39 is 0 Å². The van der Waals surface area contributed by atoms with E-state index in [1.165, 1.54) is 12.8 Å². The number of nitrogens with one attached hydrogen (secondary N) is 1. The largest absolute Gasteiger partial charge is 0.454 e. The Morgan fingerprint density at radius 3 is 2.50 bits per heavy atom. The lowest BCUT2D eigenvalue weighted by Crippen LogP contribution is -2.58. The Morgan fingerprint density at radius 2 is 1.80 bits per heavy atom. The van der Waals surface area contributed by atoms with Gasteiger partial charge in [-0.3, -0.25) is 14.5 Å². The first kappa shape index (κ1) is 21.0. The molecule has 1 aliphatic carbocycles. The fourth-order valence-electron chi connectivity index (χ4n) is 4.80. The zero-order valence-electron chi connectivity index (χ0n) is 18.1. The molecule has 0 spiro atoms. The predicted octanol–water partition coefficient (Wildman–Crippen LogP) is 2.65. The first-order chi connectivity index (χ1) is 14.6. The standard InChI is InChI=1S/C23H33N3O4/c1-3-16(2)24-22(27)21(17-6-4-5-7-17)25-10-12-26(13-11-25)23(28)18-8-9-19-20(14-18)30-15-29-19/h8-9,14,16-17,21H,3-7,10-13,15H2,1-2H3,(H,24,27). The molecule has 1 saturated carbocycles. The first-order valence-corrected chi connectivity index (χ1v) is 11.3. The second-order valence-electron chi connectivity index (χ2n) is 8.70. The zero-order chi connectivity index (χ0) is 21.1. The molecule has 7 nitrogen and oxygen atoms in total. The Labute approximate surface area is 178 Å². The summed E-state index contributed by atoms with van der Waals surface area (Å²) in [6, 6.07) is 5.46. The number of benzene rings is 1. The lowest BCUT2D eigenvalue weighted by Gasteiger charge is -2.41. The fourth-order valence-corrected chi connectivity index (χ4v) is 4.80. The third kappa shape index (κ3) is 4.41. The van der Waals surface area contributed by atoms with Gasteiger partial charge < -0.3 is 19.7 Å². The monoisotopic (exact) mass is 415 g/mol. The van der Waals surface area contributed by atoms with E-state index in [-0.39, 0.29) is 30.7 Å². The molecular weight excluding hydrogens is 382 g/mol. The zero-order valence-corrected chi connectivity index (χ0v) is 18.1. The van der Waals surface area contributed by atoms with Crippen molar-refractivity contribution in [2.24, 2.45) is 5.92 Å². The van der Waals surface area contributed by atoms with Crippen LogP contribution in [0.3, 0.4) is 0 Å². The van der Waals surface area contributed by atoms with Gasteiger partial charge in [0.15, 0.2) is 11.5 Å². The smallest absolute Gasteiger partial charge is 0.254 e. The van der Waals surface area contributed by atoms with E-state index in [0.29, 0.717) is 36.1 Å². The summed E-state index contributed by atoms with van der Waals surface area (Å²) in [6.45, 7) is 7.07. The highest BCUT2D eigenvalue weighted by molar-refractivity contribution is 5.95. The summed E-state index contributed by atoms with van der Waals surface area (Å²) < 4.78 is 10.7. The van der Waals surface area contributed by atoms with Crippen molar-refractivity contribution >= 4 is 11.8 Å². The molecule has 2 atom stereocenters. The minimum atomic E-state index is -0.0794. The number of piperazine rings is 1. The average Bonchev–Trinajstić information content (AvgIpc) is 3.45. The number of amides is 2. The van der Waals surface area contributed by atoms with Crippen molar-refractivity contribution in [3.05, 3.63) is 23.8 Å². The molecule has 1 saturated heterocycles. The number of ether oxygens (including phenoxy) is 2. The molecule has 30 heavy (non-hydrogen) atoms. The molecule has 2 heterocycles. The molecule has 1 N–H and O–H groups in total. The summed E-state index contributed by atoms with van der Waals surface area (Å²) >= 11 is 0. The van der Waals surface area contributed by atoms with Gasteiger partial charge in [0.2, 0.25) is 12.7 Å². The van der Waals surface area contributed by atoms with E-state index >= 15 is 0 Å². The maximum absolute atomic E-state index is 13.1. The van der Waals surface area contributed by atoms with Crippen LogP contribution in [0.1, 0.15) is 56.3 Å². The molecular formula is C23H33N3O4. The second-order valence-corrected chi connectivity index (χ2v) is 8.70. The summed E-state index contributed by atoms with van der Waals surface area (Å²) in [7, 11) is 0. The van der Waals surface area contributed by atoms with E-state index in [2.05, 4.69) is 24.1 Å². The quantitative estimate of drug-likeness (QED) is 0.773. The second kappa shape index (κ2) is 9.25. The number of carbonyl (C=O) groups excluding carboxylic acids is 2. The summed E-state index contributed by atoms with van der Waals surface area (Å²) in [5.41, 5.74) is 0.620. The van der Waals surface area contributed by atoms with Gasteiger partial charge in [0.1, 0.15) is 0 Å². The lowest BCUT2D eigenvalue weighted by molar-refractivity contribution is -0.129. The van der Waals surface area contributed by atoms with Crippen molar-refractivity contribution in [2.75, 3.05) is 33.0 Å². The number of hydrogen-bond donors (Lipinski definition) is 1. The summed E-state index contributed by atoms with van der Waals surface area (Å²) in [5, 5.41) is 3.20. The van der Waals surface area contributed by atoms with Crippen LogP contribution in [0.2, 0.25) is 0 Å². The number of nitrogens with zero attached hydrogens (tertiary/aromatic N) is 2. The number of fused-ring (bicyclic) bond motifs is 1. The Hall–Kier alpha value is -2.28. The van der Waals surface area contributed by atoms with Crippen LogP contribution in [0.15, 0.2) is 18.2 Å². The van der Waals surface area contributed by atoms with Crippen LogP contribution in [-0.4, -0.2) is 66.7 Å². The third-order valence-corrected chi connectivity index (χ3v) is 6.73. The van der Waals surface area contributed by atoms with Gasteiger partial charge in [0.05, 0.1) is 6.04 Å². The van der Waals surface area contributed by atoms with Crippen LogP contribution in [0.5, 0.6) is 11.5 Å².